The molecule has 0 aliphatic carbocycles. The van der Waals surface area contributed by atoms with E-state index in [9.17, 15) is 26.3 Å². The van der Waals surface area contributed by atoms with Crippen molar-refractivity contribution in [2.75, 3.05) is 39.9 Å². The van der Waals surface area contributed by atoms with Crippen LogP contribution in [0, 0.1) is 0 Å². The van der Waals surface area contributed by atoms with E-state index >= 15 is 0 Å². The summed E-state index contributed by atoms with van der Waals surface area (Å²) in [7, 11) is 1.72. The summed E-state index contributed by atoms with van der Waals surface area (Å²) in [5.41, 5.74) is 1.40. The number of hydrogen-bond acceptors (Lipinski definition) is 6. The highest BCUT2D eigenvalue weighted by molar-refractivity contribution is 5.73. The van der Waals surface area contributed by atoms with Gasteiger partial charge in [0, 0.05) is 19.6 Å². The molecule has 2 aliphatic rings. The van der Waals surface area contributed by atoms with E-state index in [1.54, 1.807) is 7.11 Å². The zero-order chi connectivity index (χ0) is 26.0. The predicted molar refractivity (Wildman–Crippen MR) is 106 cm³/mol. The number of carboxylic acids is 2. The maximum absolute atomic E-state index is 10.6. The van der Waals surface area contributed by atoms with E-state index in [1.165, 1.54) is 5.56 Å². The molecule has 3 N–H and O–H groups in total. The molecule has 3 rings (SSSR count). The molecule has 1 aromatic rings. The Morgan fingerprint density at radius 1 is 1.09 bits per heavy atom. The minimum Gasteiger partial charge on any atom is -0.497 e. The number of alkyl halides is 6. The summed E-state index contributed by atoms with van der Waals surface area (Å²) in [5, 5.41) is 17.7. The molecule has 194 valence electrons. The van der Waals surface area contributed by atoms with Gasteiger partial charge < -0.3 is 25.0 Å². The van der Waals surface area contributed by atoms with Crippen molar-refractivity contribution in [1.29, 1.82) is 0 Å². The van der Waals surface area contributed by atoms with Gasteiger partial charge in [0.1, 0.15) is 5.75 Å². The van der Waals surface area contributed by atoms with Gasteiger partial charge in [0.25, 0.3) is 0 Å². The standard InChI is InChI=1S/C16H24N2O2.2C2HF3O2/c1-19-15-4-2-3-14(11-15)12-18-9-10-20-16(13-18)5-7-17-8-6-16;2*3-2(4,5)1(6)7/h2-4,11,17H,5-10,12-13H2,1H3;2*(H,6,7). The van der Waals surface area contributed by atoms with Crippen molar-refractivity contribution in [2.45, 2.75) is 37.3 Å². The molecule has 2 heterocycles. The zero-order valence-corrected chi connectivity index (χ0v) is 18.2. The third-order valence-corrected chi connectivity index (χ3v) is 4.87. The Bertz CT molecular complexity index is 767. The quantitative estimate of drug-likeness (QED) is 0.540. The molecule has 2 fully saturated rings. The van der Waals surface area contributed by atoms with Gasteiger partial charge in [-0.2, -0.15) is 26.3 Å². The van der Waals surface area contributed by atoms with Gasteiger partial charge in [-0.15, -0.1) is 0 Å². The largest absolute Gasteiger partial charge is 0.497 e. The lowest BCUT2D eigenvalue weighted by atomic mass is 9.90. The summed E-state index contributed by atoms with van der Waals surface area (Å²) in [6.07, 6.45) is -7.91. The fourth-order valence-electron chi connectivity index (χ4n) is 3.27. The van der Waals surface area contributed by atoms with E-state index in [-0.39, 0.29) is 5.60 Å². The van der Waals surface area contributed by atoms with Gasteiger partial charge in [0.15, 0.2) is 0 Å². The number of morpholine rings is 1. The number of piperidine rings is 1. The average Bonchev–Trinajstić information content (AvgIpc) is 2.74. The second-order valence-corrected chi connectivity index (χ2v) is 7.45. The lowest BCUT2D eigenvalue weighted by Crippen LogP contribution is -2.55. The molecule has 2 saturated heterocycles. The second kappa shape index (κ2) is 12.8. The molecule has 0 bridgehead atoms. The maximum atomic E-state index is 10.6. The highest BCUT2D eigenvalue weighted by atomic mass is 19.4. The Labute approximate surface area is 191 Å². The molecular formula is C20H26F6N2O6. The van der Waals surface area contributed by atoms with E-state index < -0.39 is 24.3 Å². The van der Waals surface area contributed by atoms with Gasteiger partial charge >= 0.3 is 24.3 Å². The number of nitrogens with one attached hydrogen (secondary N) is 1. The van der Waals surface area contributed by atoms with Crippen molar-refractivity contribution < 1.29 is 55.6 Å². The van der Waals surface area contributed by atoms with Crippen molar-refractivity contribution in [3.63, 3.8) is 0 Å². The van der Waals surface area contributed by atoms with E-state index in [4.69, 9.17) is 29.3 Å². The summed E-state index contributed by atoms with van der Waals surface area (Å²) in [6, 6.07) is 8.36. The van der Waals surface area contributed by atoms with Crippen LogP contribution in [0.3, 0.4) is 0 Å². The lowest BCUT2D eigenvalue weighted by molar-refractivity contribution is -0.193. The minimum atomic E-state index is -5.08. The SMILES string of the molecule is COc1cccc(CN2CCOC3(CCNCC3)C2)c1.O=C(O)C(F)(F)F.O=C(O)C(F)(F)F. The molecule has 0 amide bonds. The van der Waals surface area contributed by atoms with E-state index in [1.807, 2.05) is 6.07 Å². The van der Waals surface area contributed by atoms with Gasteiger partial charge in [-0.3, -0.25) is 4.90 Å². The number of hydrogen-bond donors (Lipinski definition) is 3. The van der Waals surface area contributed by atoms with Crippen LogP contribution in [0.2, 0.25) is 0 Å². The van der Waals surface area contributed by atoms with Crippen molar-refractivity contribution in [3.8, 4) is 5.75 Å². The number of rotatable bonds is 3. The number of carbonyl (C=O) groups is 2. The van der Waals surface area contributed by atoms with Crippen LogP contribution in [0.15, 0.2) is 24.3 Å². The summed E-state index contributed by atoms with van der Waals surface area (Å²) in [5.74, 6) is -4.58. The van der Waals surface area contributed by atoms with Gasteiger partial charge in [-0.05, 0) is 43.6 Å². The summed E-state index contributed by atoms with van der Waals surface area (Å²) < 4.78 is 74.9. The van der Waals surface area contributed by atoms with E-state index in [0.717, 1.165) is 57.9 Å². The first kappa shape index (κ1) is 29.5. The van der Waals surface area contributed by atoms with Crippen molar-refractivity contribution in [3.05, 3.63) is 29.8 Å². The summed E-state index contributed by atoms with van der Waals surface area (Å²) in [6.45, 7) is 6.05. The van der Waals surface area contributed by atoms with Crippen LogP contribution < -0.4 is 10.1 Å². The number of carboxylic acid groups (broad SMARTS) is 2. The van der Waals surface area contributed by atoms with E-state index in [2.05, 4.69) is 28.4 Å². The molecule has 0 unspecified atom stereocenters. The number of nitrogens with zero attached hydrogens (tertiary/aromatic N) is 1. The van der Waals surface area contributed by atoms with Crippen LogP contribution in [0.5, 0.6) is 5.75 Å². The highest BCUT2D eigenvalue weighted by Crippen LogP contribution is 2.28. The molecule has 14 heteroatoms. The molecular weight excluding hydrogens is 478 g/mol. The molecule has 1 spiro atoms. The number of methoxy groups -OCH3 is 1. The first-order valence-corrected chi connectivity index (χ1v) is 9.99. The van der Waals surface area contributed by atoms with Crippen LogP contribution in [-0.4, -0.2) is 84.9 Å². The number of aliphatic carboxylic acids is 2. The second-order valence-electron chi connectivity index (χ2n) is 7.45. The fourth-order valence-corrected chi connectivity index (χ4v) is 3.27. The highest BCUT2D eigenvalue weighted by Gasteiger charge is 2.39. The first-order chi connectivity index (χ1) is 15.7. The van der Waals surface area contributed by atoms with Crippen LogP contribution in [0.25, 0.3) is 0 Å². The van der Waals surface area contributed by atoms with E-state index in [0.29, 0.717) is 0 Å². The molecule has 1 aromatic carbocycles. The molecule has 0 atom stereocenters. The Hall–Kier alpha value is -2.58. The molecule has 0 aromatic heterocycles. The third-order valence-electron chi connectivity index (χ3n) is 4.87. The van der Waals surface area contributed by atoms with Gasteiger partial charge in [-0.25, -0.2) is 9.59 Å². The topological polar surface area (TPSA) is 108 Å². The molecule has 2 aliphatic heterocycles. The zero-order valence-electron chi connectivity index (χ0n) is 18.2. The minimum absolute atomic E-state index is 0.0857. The fraction of sp³-hybridized carbons (Fsp3) is 0.600. The maximum Gasteiger partial charge on any atom is 0.490 e. The Morgan fingerprint density at radius 2 is 1.62 bits per heavy atom. The average molecular weight is 504 g/mol. The van der Waals surface area contributed by atoms with Crippen molar-refractivity contribution >= 4 is 11.9 Å². The Kier molecular flexibility index (Phi) is 11.1. The Balaban J connectivity index is 0.000000343. The third kappa shape index (κ3) is 10.6. The van der Waals surface area contributed by atoms with Crippen LogP contribution in [0.4, 0.5) is 26.3 Å². The van der Waals surface area contributed by atoms with Crippen LogP contribution >= 0.6 is 0 Å². The first-order valence-electron chi connectivity index (χ1n) is 9.99. The molecule has 0 radical (unpaired) electrons. The van der Waals surface area contributed by atoms with Crippen LogP contribution in [0.1, 0.15) is 18.4 Å². The normalized spacial score (nSPS) is 18.1. The van der Waals surface area contributed by atoms with Crippen molar-refractivity contribution in [2.24, 2.45) is 0 Å². The number of ether oxygens (including phenoxy) is 2. The van der Waals surface area contributed by atoms with Crippen molar-refractivity contribution in [1.82, 2.24) is 10.2 Å². The lowest BCUT2D eigenvalue weighted by Gasteiger charge is -2.45. The monoisotopic (exact) mass is 504 g/mol. The van der Waals surface area contributed by atoms with Crippen LogP contribution in [-0.2, 0) is 20.9 Å². The number of benzene rings is 1. The Morgan fingerprint density at radius 3 is 2.09 bits per heavy atom. The predicted octanol–water partition coefficient (Wildman–Crippen LogP) is 2.92. The van der Waals surface area contributed by atoms with Gasteiger partial charge in [-0.1, -0.05) is 12.1 Å². The van der Waals surface area contributed by atoms with Gasteiger partial charge in [0.05, 0.1) is 19.3 Å². The summed E-state index contributed by atoms with van der Waals surface area (Å²) >= 11 is 0. The number of halogens is 6. The summed E-state index contributed by atoms with van der Waals surface area (Å²) in [4.78, 5) is 20.3. The molecule has 34 heavy (non-hydrogen) atoms. The molecule has 8 nitrogen and oxygen atoms in total. The van der Waals surface area contributed by atoms with Gasteiger partial charge in [0.2, 0.25) is 0 Å². The smallest absolute Gasteiger partial charge is 0.490 e. The molecule has 0 saturated carbocycles.